The molecule has 0 saturated heterocycles. The third-order valence-electron chi connectivity index (χ3n) is 3.85. The van der Waals surface area contributed by atoms with E-state index in [1.54, 1.807) is 29.2 Å². The lowest BCUT2D eigenvalue weighted by molar-refractivity contribution is -0.127. The fraction of sp³-hybridized carbons (Fsp3) is 0.474. The van der Waals surface area contributed by atoms with Crippen molar-refractivity contribution in [2.45, 2.75) is 34.1 Å². The first-order valence-electron chi connectivity index (χ1n) is 8.24. The number of carbonyl (C=O) groups is 2. The zero-order valence-electron chi connectivity index (χ0n) is 14.9. The highest BCUT2D eigenvalue weighted by Gasteiger charge is 2.37. The summed E-state index contributed by atoms with van der Waals surface area (Å²) in [5.74, 6) is 0.861. The molecule has 0 atom stereocenters. The van der Waals surface area contributed by atoms with E-state index in [1.807, 2.05) is 27.7 Å². The van der Waals surface area contributed by atoms with Crippen LogP contribution in [0.25, 0.3) is 0 Å². The number of ether oxygens (including phenoxy) is 1. The van der Waals surface area contributed by atoms with E-state index in [-0.39, 0.29) is 17.7 Å². The summed E-state index contributed by atoms with van der Waals surface area (Å²) < 4.78 is 5.83. The molecule has 2 rings (SSSR count). The molecule has 2 amide bonds. The molecule has 1 aromatic rings. The summed E-state index contributed by atoms with van der Waals surface area (Å²) in [5.41, 5.74) is 0.695. The highest BCUT2D eigenvalue weighted by atomic mass is 16.5. The largest absolute Gasteiger partial charge is 0.490 e. The van der Waals surface area contributed by atoms with E-state index in [1.165, 1.54) is 0 Å². The van der Waals surface area contributed by atoms with Crippen LogP contribution < -0.4 is 15.0 Å². The van der Waals surface area contributed by atoms with Gasteiger partial charge in [-0.3, -0.25) is 9.59 Å². The molecule has 0 bridgehead atoms. The summed E-state index contributed by atoms with van der Waals surface area (Å²) in [4.78, 5) is 26.5. The number of carbonyl (C=O) groups excluding carboxylic acids is 2. The Kier molecular flexibility index (Phi) is 5.32. The zero-order chi connectivity index (χ0) is 17.9. The summed E-state index contributed by atoms with van der Waals surface area (Å²) in [6.45, 7) is 12.2. The highest BCUT2D eigenvalue weighted by Crippen LogP contribution is 2.38. The molecular formula is C19H26N2O3. The van der Waals surface area contributed by atoms with Gasteiger partial charge in [-0.05, 0) is 38.0 Å². The van der Waals surface area contributed by atoms with Gasteiger partial charge in [0.2, 0.25) is 11.8 Å². The molecule has 1 heterocycles. The van der Waals surface area contributed by atoms with Crippen LogP contribution in [0.4, 0.5) is 11.4 Å². The summed E-state index contributed by atoms with van der Waals surface area (Å²) >= 11 is 0. The standard InChI is InChI=1S/C19H26N2O3/c1-6-9-21-15-11-14(20-17(22)10-13(2)3)7-8-16(15)24-12-19(4,5)18(21)23/h6-8,11,13H,1,9-10,12H2,2-5H3,(H,20,22). The van der Waals surface area contributed by atoms with Crippen LogP contribution in [0.15, 0.2) is 30.9 Å². The molecule has 0 aromatic heterocycles. The van der Waals surface area contributed by atoms with Crippen LogP contribution in [0.5, 0.6) is 5.75 Å². The Labute approximate surface area is 143 Å². The number of nitrogens with one attached hydrogen (secondary N) is 1. The van der Waals surface area contributed by atoms with Gasteiger partial charge >= 0.3 is 0 Å². The van der Waals surface area contributed by atoms with E-state index < -0.39 is 5.41 Å². The minimum Gasteiger partial charge on any atom is -0.490 e. The highest BCUT2D eigenvalue weighted by molar-refractivity contribution is 6.00. The van der Waals surface area contributed by atoms with Crippen molar-refractivity contribution >= 4 is 23.2 Å². The van der Waals surface area contributed by atoms with Crippen LogP contribution in [0, 0.1) is 11.3 Å². The monoisotopic (exact) mass is 330 g/mol. The van der Waals surface area contributed by atoms with Crippen molar-refractivity contribution in [3.8, 4) is 5.75 Å². The third kappa shape index (κ3) is 3.96. The second-order valence-corrected chi connectivity index (χ2v) is 7.21. The Hall–Kier alpha value is -2.30. The Morgan fingerprint density at radius 3 is 2.79 bits per heavy atom. The Bertz CT molecular complexity index is 650. The average Bonchev–Trinajstić information content (AvgIpc) is 2.57. The molecule has 1 aromatic carbocycles. The average molecular weight is 330 g/mol. The number of fused-ring (bicyclic) bond motifs is 1. The third-order valence-corrected chi connectivity index (χ3v) is 3.85. The fourth-order valence-corrected chi connectivity index (χ4v) is 2.62. The minimum atomic E-state index is -0.622. The van der Waals surface area contributed by atoms with Crippen LogP contribution in [-0.2, 0) is 9.59 Å². The molecular weight excluding hydrogens is 304 g/mol. The van der Waals surface area contributed by atoms with Crippen molar-refractivity contribution < 1.29 is 14.3 Å². The molecule has 1 aliphatic heterocycles. The predicted molar refractivity (Wildman–Crippen MR) is 96.4 cm³/mol. The maximum absolute atomic E-state index is 12.8. The van der Waals surface area contributed by atoms with E-state index in [0.717, 1.165) is 0 Å². The molecule has 0 radical (unpaired) electrons. The summed E-state index contributed by atoms with van der Waals surface area (Å²) in [6.07, 6.45) is 2.14. The SMILES string of the molecule is C=CCN1C(=O)C(C)(C)COc2ccc(NC(=O)CC(C)C)cc21. The van der Waals surface area contributed by atoms with E-state index in [9.17, 15) is 9.59 Å². The number of hydrogen-bond donors (Lipinski definition) is 1. The number of amides is 2. The second-order valence-electron chi connectivity index (χ2n) is 7.21. The molecule has 5 nitrogen and oxygen atoms in total. The molecule has 1 aliphatic rings. The van der Waals surface area contributed by atoms with Gasteiger partial charge in [0.25, 0.3) is 0 Å². The molecule has 0 unspecified atom stereocenters. The van der Waals surface area contributed by atoms with Crippen molar-refractivity contribution in [3.63, 3.8) is 0 Å². The van der Waals surface area contributed by atoms with E-state index in [4.69, 9.17) is 4.74 Å². The Balaban J connectivity index is 2.35. The lowest BCUT2D eigenvalue weighted by Gasteiger charge is -2.27. The summed E-state index contributed by atoms with van der Waals surface area (Å²) in [6, 6.07) is 5.38. The first kappa shape index (κ1) is 18.0. The van der Waals surface area contributed by atoms with Gasteiger partial charge in [-0.1, -0.05) is 19.9 Å². The smallest absolute Gasteiger partial charge is 0.236 e. The quantitative estimate of drug-likeness (QED) is 0.839. The van der Waals surface area contributed by atoms with Crippen LogP contribution in [0.1, 0.15) is 34.1 Å². The van der Waals surface area contributed by atoms with Gasteiger partial charge in [0, 0.05) is 18.7 Å². The van der Waals surface area contributed by atoms with Gasteiger partial charge in [-0.25, -0.2) is 0 Å². The van der Waals surface area contributed by atoms with Crippen molar-refractivity contribution in [1.82, 2.24) is 0 Å². The lowest BCUT2D eigenvalue weighted by atomic mass is 9.93. The number of anilines is 2. The van der Waals surface area contributed by atoms with Gasteiger partial charge in [0.1, 0.15) is 12.4 Å². The van der Waals surface area contributed by atoms with Gasteiger partial charge in [0.15, 0.2) is 0 Å². The van der Waals surface area contributed by atoms with Crippen LogP contribution >= 0.6 is 0 Å². The van der Waals surface area contributed by atoms with Crippen molar-refractivity contribution in [2.75, 3.05) is 23.4 Å². The Morgan fingerprint density at radius 1 is 1.46 bits per heavy atom. The number of nitrogens with zero attached hydrogens (tertiary/aromatic N) is 1. The maximum atomic E-state index is 12.8. The van der Waals surface area contributed by atoms with E-state index in [2.05, 4.69) is 11.9 Å². The van der Waals surface area contributed by atoms with Crippen molar-refractivity contribution in [1.29, 1.82) is 0 Å². The number of rotatable bonds is 5. The molecule has 1 N–H and O–H groups in total. The summed E-state index contributed by atoms with van der Waals surface area (Å²) in [7, 11) is 0. The molecule has 5 heteroatoms. The fourth-order valence-electron chi connectivity index (χ4n) is 2.62. The van der Waals surface area contributed by atoms with Crippen LogP contribution in [0.2, 0.25) is 0 Å². The molecule has 0 spiro atoms. The minimum absolute atomic E-state index is 0.0215. The van der Waals surface area contributed by atoms with Gasteiger partial charge in [0.05, 0.1) is 11.1 Å². The van der Waals surface area contributed by atoms with Gasteiger partial charge < -0.3 is 15.0 Å². The van der Waals surface area contributed by atoms with Crippen LogP contribution in [-0.4, -0.2) is 25.0 Å². The van der Waals surface area contributed by atoms with Gasteiger partial charge in [-0.15, -0.1) is 6.58 Å². The molecule has 130 valence electrons. The predicted octanol–water partition coefficient (Wildman–Crippen LogP) is 3.61. The number of hydrogen-bond acceptors (Lipinski definition) is 3. The molecule has 0 aliphatic carbocycles. The van der Waals surface area contributed by atoms with E-state index >= 15 is 0 Å². The molecule has 0 saturated carbocycles. The second kappa shape index (κ2) is 7.07. The topological polar surface area (TPSA) is 58.6 Å². The Morgan fingerprint density at radius 2 is 2.17 bits per heavy atom. The first-order valence-corrected chi connectivity index (χ1v) is 8.24. The summed E-state index contributed by atoms with van der Waals surface area (Å²) in [5, 5.41) is 2.88. The van der Waals surface area contributed by atoms with Crippen molar-refractivity contribution in [3.05, 3.63) is 30.9 Å². The van der Waals surface area contributed by atoms with Crippen molar-refractivity contribution in [2.24, 2.45) is 11.3 Å². The zero-order valence-corrected chi connectivity index (χ0v) is 14.9. The van der Waals surface area contributed by atoms with E-state index in [0.29, 0.717) is 36.7 Å². The number of benzene rings is 1. The van der Waals surface area contributed by atoms with Gasteiger partial charge in [-0.2, -0.15) is 0 Å². The maximum Gasteiger partial charge on any atom is 0.236 e. The van der Waals surface area contributed by atoms with Crippen LogP contribution in [0.3, 0.4) is 0 Å². The normalized spacial score (nSPS) is 16.2. The first-order chi connectivity index (χ1) is 11.2. The molecule has 24 heavy (non-hydrogen) atoms. The molecule has 0 fully saturated rings. The lowest BCUT2D eigenvalue weighted by Crippen LogP contribution is -2.42.